The summed E-state index contributed by atoms with van der Waals surface area (Å²) in [6.07, 6.45) is 0.777. The Labute approximate surface area is 125 Å². The van der Waals surface area contributed by atoms with Gasteiger partial charge in [0.05, 0.1) is 10.0 Å². The van der Waals surface area contributed by atoms with Gasteiger partial charge in [-0.3, -0.25) is 0 Å². The monoisotopic (exact) mass is 307 g/mol. The van der Waals surface area contributed by atoms with Gasteiger partial charge in [0.1, 0.15) is 11.9 Å². The SMILES string of the molecule is Oc1ccc(Cl)c(Cl)c1C(O)c1ccc2cc[nH]c2c1. The number of aliphatic hydroxyl groups is 1. The lowest BCUT2D eigenvalue weighted by atomic mass is 9.99. The van der Waals surface area contributed by atoms with E-state index in [2.05, 4.69) is 4.98 Å². The second kappa shape index (κ2) is 5.02. The van der Waals surface area contributed by atoms with Crippen LogP contribution in [0.3, 0.4) is 0 Å². The highest BCUT2D eigenvalue weighted by atomic mass is 35.5. The molecule has 102 valence electrons. The molecule has 1 atom stereocenters. The van der Waals surface area contributed by atoms with Gasteiger partial charge in [-0.1, -0.05) is 35.3 Å². The number of H-pyrrole nitrogens is 1. The Morgan fingerprint density at radius 2 is 1.85 bits per heavy atom. The van der Waals surface area contributed by atoms with Crippen LogP contribution in [0.1, 0.15) is 17.2 Å². The lowest BCUT2D eigenvalue weighted by Gasteiger charge is -2.15. The fourth-order valence-corrected chi connectivity index (χ4v) is 2.65. The van der Waals surface area contributed by atoms with Gasteiger partial charge in [-0.25, -0.2) is 0 Å². The number of aromatic amines is 1. The maximum Gasteiger partial charge on any atom is 0.123 e. The lowest BCUT2D eigenvalue weighted by Crippen LogP contribution is -2.01. The fourth-order valence-electron chi connectivity index (χ4n) is 2.22. The summed E-state index contributed by atoms with van der Waals surface area (Å²) in [6.45, 7) is 0. The van der Waals surface area contributed by atoms with Crippen molar-refractivity contribution in [1.82, 2.24) is 4.98 Å². The van der Waals surface area contributed by atoms with Crippen LogP contribution < -0.4 is 0 Å². The minimum Gasteiger partial charge on any atom is -0.508 e. The number of hydrogen-bond donors (Lipinski definition) is 3. The van der Waals surface area contributed by atoms with Gasteiger partial charge in [0, 0.05) is 17.3 Å². The number of aromatic nitrogens is 1. The van der Waals surface area contributed by atoms with Gasteiger partial charge in [-0.2, -0.15) is 0 Å². The van der Waals surface area contributed by atoms with Crippen molar-refractivity contribution < 1.29 is 10.2 Å². The maximum atomic E-state index is 10.5. The molecule has 1 unspecified atom stereocenters. The second-order valence-corrected chi connectivity index (χ2v) is 5.31. The number of hydrogen-bond acceptors (Lipinski definition) is 2. The van der Waals surface area contributed by atoms with Gasteiger partial charge in [0.25, 0.3) is 0 Å². The zero-order valence-electron chi connectivity index (χ0n) is 10.3. The van der Waals surface area contributed by atoms with Crippen LogP contribution >= 0.6 is 23.2 Å². The minimum atomic E-state index is -1.05. The molecule has 0 amide bonds. The summed E-state index contributed by atoms with van der Waals surface area (Å²) in [7, 11) is 0. The molecule has 3 N–H and O–H groups in total. The number of aromatic hydroxyl groups is 1. The van der Waals surface area contributed by atoms with Crippen molar-refractivity contribution >= 4 is 34.1 Å². The van der Waals surface area contributed by atoms with Gasteiger partial charge in [0.15, 0.2) is 0 Å². The highest BCUT2D eigenvalue weighted by Crippen LogP contribution is 2.39. The molecule has 1 heterocycles. The number of rotatable bonds is 2. The number of fused-ring (bicyclic) bond motifs is 1. The number of phenols is 1. The Bertz CT molecular complexity index is 783. The van der Waals surface area contributed by atoms with E-state index in [1.54, 1.807) is 6.07 Å². The van der Waals surface area contributed by atoms with Crippen molar-refractivity contribution in [3.05, 3.63) is 63.8 Å². The fraction of sp³-hybridized carbons (Fsp3) is 0.0667. The molecule has 5 heteroatoms. The molecule has 0 radical (unpaired) electrons. The maximum absolute atomic E-state index is 10.5. The van der Waals surface area contributed by atoms with E-state index in [9.17, 15) is 10.2 Å². The normalized spacial score (nSPS) is 12.8. The summed E-state index contributed by atoms with van der Waals surface area (Å²) < 4.78 is 0. The van der Waals surface area contributed by atoms with Crippen LogP contribution in [0.25, 0.3) is 10.9 Å². The third kappa shape index (κ3) is 2.14. The van der Waals surface area contributed by atoms with E-state index in [1.807, 2.05) is 24.4 Å². The predicted molar refractivity (Wildman–Crippen MR) is 80.5 cm³/mol. The molecule has 3 nitrogen and oxygen atoms in total. The summed E-state index contributed by atoms with van der Waals surface area (Å²) >= 11 is 12.0. The molecule has 0 bridgehead atoms. The third-order valence-corrected chi connectivity index (χ3v) is 4.10. The van der Waals surface area contributed by atoms with Gasteiger partial charge in [0.2, 0.25) is 0 Å². The molecular formula is C15H11Cl2NO2. The Hall–Kier alpha value is -1.68. The largest absolute Gasteiger partial charge is 0.508 e. The molecule has 1 aromatic heterocycles. The van der Waals surface area contributed by atoms with Crippen LogP contribution in [0.4, 0.5) is 0 Å². The molecule has 2 aromatic carbocycles. The Balaban J connectivity index is 2.12. The first-order chi connectivity index (χ1) is 9.58. The summed E-state index contributed by atoms with van der Waals surface area (Å²) in [5.74, 6) is -0.0847. The molecule has 3 aromatic rings. The van der Waals surface area contributed by atoms with Crippen LogP contribution in [-0.4, -0.2) is 15.2 Å². The van der Waals surface area contributed by atoms with E-state index in [-0.39, 0.29) is 16.3 Å². The van der Waals surface area contributed by atoms with E-state index in [0.717, 1.165) is 10.9 Å². The second-order valence-electron chi connectivity index (χ2n) is 4.52. The first-order valence-electron chi connectivity index (χ1n) is 6.00. The molecule has 20 heavy (non-hydrogen) atoms. The quantitative estimate of drug-likeness (QED) is 0.662. The van der Waals surface area contributed by atoms with Gasteiger partial charge < -0.3 is 15.2 Å². The molecule has 0 aliphatic rings. The summed E-state index contributed by atoms with van der Waals surface area (Å²) in [6, 6.07) is 10.3. The third-order valence-electron chi connectivity index (χ3n) is 3.28. The number of nitrogens with one attached hydrogen (secondary N) is 1. The van der Waals surface area contributed by atoms with E-state index in [4.69, 9.17) is 23.2 Å². The summed E-state index contributed by atoms with van der Waals surface area (Å²) in [5, 5.41) is 21.9. The van der Waals surface area contributed by atoms with Crippen LogP contribution in [0.2, 0.25) is 10.0 Å². The Morgan fingerprint density at radius 1 is 1.05 bits per heavy atom. The number of phenolic OH excluding ortho intramolecular Hbond substituents is 1. The standard InChI is InChI=1S/C15H11Cl2NO2/c16-10-3-4-12(19)13(14(10)17)15(20)9-2-1-8-5-6-18-11(8)7-9/h1-7,15,18-20H. The first kappa shape index (κ1) is 13.3. The molecule has 0 saturated carbocycles. The minimum absolute atomic E-state index is 0.0847. The van der Waals surface area contributed by atoms with Crippen LogP contribution in [-0.2, 0) is 0 Å². The van der Waals surface area contributed by atoms with E-state index < -0.39 is 6.10 Å². The van der Waals surface area contributed by atoms with Crippen LogP contribution in [0.15, 0.2) is 42.6 Å². The molecule has 0 saturated heterocycles. The zero-order chi connectivity index (χ0) is 14.3. The Morgan fingerprint density at radius 3 is 2.65 bits per heavy atom. The number of aliphatic hydroxyl groups excluding tert-OH is 1. The molecule has 0 aliphatic heterocycles. The molecule has 3 rings (SSSR count). The molecule has 0 fully saturated rings. The van der Waals surface area contributed by atoms with E-state index >= 15 is 0 Å². The first-order valence-corrected chi connectivity index (χ1v) is 6.75. The molecule has 0 aliphatic carbocycles. The van der Waals surface area contributed by atoms with Crippen LogP contribution in [0, 0.1) is 0 Å². The van der Waals surface area contributed by atoms with Gasteiger partial charge >= 0.3 is 0 Å². The van der Waals surface area contributed by atoms with Crippen molar-refractivity contribution in [3.8, 4) is 5.75 Å². The van der Waals surface area contributed by atoms with Crippen molar-refractivity contribution in [3.63, 3.8) is 0 Å². The van der Waals surface area contributed by atoms with E-state index in [0.29, 0.717) is 10.6 Å². The molecular weight excluding hydrogens is 297 g/mol. The summed E-state index contributed by atoms with van der Waals surface area (Å²) in [5.41, 5.74) is 1.74. The Kier molecular flexibility index (Phi) is 3.34. The summed E-state index contributed by atoms with van der Waals surface area (Å²) in [4.78, 5) is 3.07. The predicted octanol–water partition coefficient (Wildman–Crippen LogP) is 4.26. The molecule has 0 spiro atoms. The zero-order valence-corrected chi connectivity index (χ0v) is 11.8. The highest BCUT2D eigenvalue weighted by molar-refractivity contribution is 6.42. The van der Waals surface area contributed by atoms with Crippen molar-refractivity contribution in [2.75, 3.05) is 0 Å². The lowest BCUT2D eigenvalue weighted by molar-refractivity contribution is 0.216. The van der Waals surface area contributed by atoms with Gasteiger partial charge in [-0.15, -0.1) is 0 Å². The highest BCUT2D eigenvalue weighted by Gasteiger charge is 2.20. The number of halogens is 2. The number of benzene rings is 2. The van der Waals surface area contributed by atoms with Crippen molar-refractivity contribution in [1.29, 1.82) is 0 Å². The average molecular weight is 308 g/mol. The van der Waals surface area contributed by atoms with Crippen LogP contribution in [0.5, 0.6) is 5.75 Å². The van der Waals surface area contributed by atoms with E-state index in [1.165, 1.54) is 12.1 Å². The van der Waals surface area contributed by atoms with Crippen molar-refractivity contribution in [2.45, 2.75) is 6.10 Å². The van der Waals surface area contributed by atoms with Gasteiger partial charge in [-0.05, 0) is 35.2 Å². The topological polar surface area (TPSA) is 56.2 Å². The smallest absolute Gasteiger partial charge is 0.123 e. The van der Waals surface area contributed by atoms with Crippen molar-refractivity contribution in [2.24, 2.45) is 0 Å². The average Bonchev–Trinajstić information content (AvgIpc) is 2.90.